The van der Waals surface area contributed by atoms with Gasteiger partial charge < -0.3 is 19.7 Å². The molecule has 18 heavy (non-hydrogen) atoms. The fourth-order valence-electron chi connectivity index (χ4n) is 3.28. The van der Waals surface area contributed by atoms with Crippen molar-refractivity contribution in [1.29, 1.82) is 0 Å². The van der Waals surface area contributed by atoms with E-state index in [2.05, 4.69) is 13.8 Å². The molecule has 2 aliphatic rings. The second kappa shape index (κ2) is 3.92. The van der Waals surface area contributed by atoms with Crippen LogP contribution >= 0.6 is 0 Å². The molecule has 106 valence electrons. The van der Waals surface area contributed by atoms with Gasteiger partial charge in [0, 0.05) is 29.3 Å². The minimum atomic E-state index is -0.580. The van der Waals surface area contributed by atoms with Crippen LogP contribution in [0.5, 0.6) is 0 Å². The molecule has 4 heteroatoms. The lowest BCUT2D eigenvalue weighted by Gasteiger charge is -2.63. The lowest BCUT2D eigenvalue weighted by Crippen LogP contribution is -2.66. The number of ether oxygens (including phenoxy) is 2. The molecule has 0 unspecified atom stereocenters. The lowest BCUT2D eigenvalue weighted by molar-refractivity contribution is -0.335. The van der Waals surface area contributed by atoms with Crippen molar-refractivity contribution in [2.45, 2.75) is 71.2 Å². The van der Waals surface area contributed by atoms with Crippen molar-refractivity contribution in [3.05, 3.63) is 5.21 Å². The third-order valence-corrected chi connectivity index (χ3v) is 3.96. The third-order valence-electron chi connectivity index (χ3n) is 3.96. The predicted octanol–water partition coefficient (Wildman–Crippen LogP) is 2.91. The molecule has 2 aliphatic heterocycles. The van der Waals surface area contributed by atoms with Crippen LogP contribution in [0, 0.1) is 10.6 Å². The van der Waals surface area contributed by atoms with E-state index >= 15 is 0 Å². The summed E-state index contributed by atoms with van der Waals surface area (Å²) >= 11 is 0. The highest BCUT2D eigenvalue weighted by molar-refractivity contribution is 5.05. The molecular formula is C14H26NO3-. The summed E-state index contributed by atoms with van der Waals surface area (Å²) in [7, 11) is 0. The van der Waals surface area contributed by atoms with Crippen LogP contribution in [-0.2, 0) is 9.47 Å². The van der Waals surface area contributed by atoms with E-state index < -0.39 is 16.9 Å². The van der Waals surface area contributed by atoms with Gasteiger partial charge in [-0.3, -0.25) is 0 Å². The minimum absolute atomic E-state index is 0.0636. The number of nitrogens with zero attached hydrogens (tertiary/aromatic N) is 1. The molecule has 0 aromatic heterocycles. The van der Waals surface area contributed by atoms with E-state index in [0.29, 0.717) is 26.1 Å². The minimum Gasteiger partial charge on any atom is -0.784 e. The summed E-state index contributed by atoms with van der Waals surface area (Å²) in [5.74, 6) is -0.580. The van der Waals surface area contributed by atoms with Crippen molar-refractivity contribution in [2.75, 3.05) is 13.2 Å². The van der Waals surface area contributed by atoms with Gasteiger partial charge in [0.2, 0.25) is 0 Å². The van der Waals surface area contributed by atoms with Gasteiger partial charge in [0.1, 0.15) is 0 Å². The summed E-state index contributed by atoms with van der Waals surface area (Å²) < 4.78 is 12.1. The van der Waals surface area contributed by atoms with Crippen molar-refractivity contribution in [2.24, 2.45) is 5.41 Å². The first kappa shape index (κ1) is 14.3. The topological polar surface area (TPSA) is 44.8 Å². The Morgan fingerprint density at radius 2 is 1.22 bits per heavy atom. The van der Waals surface area contributed by atoms with Crippen molar-refractivity contribution < 1.29 is 9.47 Å². The third kappa shape index (κ3) is 2.44. The summed E-state index contributed by atoms with van der Waals surface area (Å²) in [6.45, 7) is 13.5. The van der Waals surface area contributed by atoms with Crippen LogP contribution in [0.3, 0.4) is 0 Å². The van der Waals surface area contributed by atoms with Crippen LogP contribution in [0.25, 0.3) is 0 Å². The van der Waals surface area contributed by atoms with Crippen LogP contribution in [-0.4, -0.2) is 35.1 Å². The van der Waals surface area contributed by atoms with Gasteiger partial charge in [0.25, 0.3) is 0 Å². The van der Waals surface area contributed by atoms with Crippen molar-refractivity contribution in [3.63, 3.8) is 0 Å². The fourth-order valence-corrected chi connectivity index (χ4v) is 3.28. The van der Waals surface area contributed by atoms with E-state index in [4.69, 9.17) is 9.47 Å². The number of hydrogen-bond acceptors (Lipinski definition) is 4. The first-order valence-electron chi connectivity index (χ1n) is 6.74. The van der Waals surface area contributed by atoms with Gasteiger partial charge >= 0.3 is 0 Å². The summed E-state index contributed by atoms with van der Waals surface area (Å²) in [4.78, 5) is 0. The van der Waals surface area contributed by atoms with Gasteiger partial charge in [-0.2, -0.15) is 0 Å². The largest absolute Gasteiger partial charge is 0.784 e. The second-order valence-electron chi connectivity index (χ2n) is 7.93. The van der Waals surface area contributed by atoms with Crippen LogP contribution in [0.2, 0.25) is 0 Å². The molecule has 0 atom stereocenters. The van der Waals surface area contributed by atoms with E-state index in [-0.39, 0.29) is 5.41 Å². The van der Waals surface area contributed by atoms with Crippen LogP contribution in [0.15, 0.2) is 0 Å². The Labute approximate surface area is 110 Å². The van der Waals surface area contributed by atoms with E-state index in [0.717, 1.165) is 0 Å². The molecule has 2 saturated heterocycles. The SMILES string of the molecule is CC1(C)COC2(CC(C)(C)N([O-])C(C)(C)C2)OC1. The Bertz CT molecular complexity index is 306. The summed E-state index contributed by atoms with van der Waals surface area (Å²) in [5.41, 5.74) is -0.847. The molecule has 2 rings (SSSR count). The van der Waals surface area contributed by atoms with E-state index in [1.165, 1.54) is 5.06 Å². The zero-order valence-corrected chi connectivity index (χ0v) is 12.5. The van der Waals surface area contributed by atoms with Crippen LogP contribution < -0.4 is 0 Å². The second-order valence-corrected chi connectivity index (χ2v) is 7.93. The molecule has 0 amide bonds. The standard InChI is InChI=1S/C14H26NO3/c1-11(2)9-17-14(18-10-11)7-12(3,4)15(16)13(5,6)8-14/h7-10H2,1-6H3/q-1. The van der Waals surface area contributed by atoms with Gasteiger partial charge in [0.15, 0.2) is 5.79 Å². The van der Waals surface area contributed by atoms with Crippen molar-refractivity contribution in [3.8, 4) is 0 Å². The normalized spacial score (nSPS) is 33.5. The molecule has 0 aromatic rings. The summed E-state index contributed by atoms with van der Waals surface area (Å²) in [6, 6.07) is 0. The molecule has 2 fully saturated rings. The Morgan fingerprint density at radius 1 is 0.833 bits per heavy atom. The van der Waals surface area contributed by atoms with Gasteiger partial charge in [-0.15, -0.1) is 0 Å². The van der Waals surface area contributed by atoms with Gasteiger partial charge in [-0.05, 0) is 27.7 Å². The number of rotatable bonds is 0. The van der Waals surface area contributed by atoms with Crippen molar-refractivity contribution >= 4 is 0 Å². The Hall–Kier alpha value is -0.160. The Morgan fingerprint density at radius 3 is 1.61 bits per heavy atom. The molecule has 0 aliphatic carbocycles. The average molecular weight is 256 g/mol. The maximum absolute atomic E-state index is 12.3. The highest BCUT2D eigenvalue weighted by Gasteiger charge is 2.52. The molecule has 0 bridgehead atoms. The Kier molecular flexibility index (Phi) is 3.10. The first-order valence-corrected chi connectivity index (χ1v) is 6.74. The number of hydrogen-bond donors (Lipinski definition) is 0. The molecule has 0 radical (unpaired) electrons. The van der Waals surface area contributed by atoms with Crippen LogP contribution in [0.1, 0.15) is 54.4 Å². The molecular weight excluding hydrogens is 230 g/mol. The monoisotopic (exact) mass is 256 g/mol. The van der Waals surface area contributed by atoms with Crippen molar-refractivity contribution in [1.82, 2.24) is 5.06 Å². The average Bonchev–Trinajstić information content (AvgIpc) is 2.19. The molecule has 1 spiro atoms. The van der Waals surface area contributed by atoms with E-state index in [9.17, 15) is 5.21 Å². The van der Waals surface area contributed by atoms with Gasteiger partial charge in [-0.25, -0.2) is 0 Å². The van der Waals surface area contributed by atoms with Crippen LogP contribution in [0.4, 0.5) is 0 Å². The molecule has 4 nitrogen and oxygen atoms in total. The summed E-state index contributed by atoms with van der Waals surface area (Å²) in [6.07, 6.45) is 1.26. The zero-order valence-electron chi connectivity index (χ0n) is 12.5. The first-order chi connectivity index (χ1) is 7.98. The zero-order chi connectivity index (χ0) is 13.8. The highest BCUT2D eigenvalue weighted by atomic mass is 16.7. The highest BCUT2D eigenvalue weighted by Crippen LogP contribution is 2.47. The predicted molar refractivity (Wildman–Crippen MR) is 71.0 cm³/mol. The van der Waals surface area contributed by atoms with Gasteiger partial charge in [0.05, 0.1) is 13.2 Å². The molecule has 0 aromatic carbocycles. The smallest absolute Gasteiger partial charge is 0.171 e. The number of hydroxylamine groups is 2. The molecule has 0 saturated carbocycles. The van der Waals surface area contributed by atoms with E-state index in [1.54, 1.807) is 0 Å². The number of piperidine rings is 1. The maximum Gasteiger partial charge on any atom is 0.171 e. The maximum atomic E-state index is 12.3. The van der Waals surface area contributed by atoms with Gasteiger partial charge in [-0.1, -0.05) is 13.8 Å². The Balaban J connectivity index is 2.21. The lowest BCUT2D eigenvalue weighted by atomic mass is 9.77. The fraction of sp³-hybridized carbons (Fsp3) is 1.00. The molecule has 2 heterocycles. The quantitative estimate of drug-likeness (QED) is 0.668. The molecule has 0 N–H and O–H groups in total. The summed E-state index contributed by atoms with van der Waals surface area (Å²) in [5, 5.41) is 13.5. The van der Waals surface area contributed by atoms with E-state index in [1.807, 2.05) is 27.7 Å².